The zero-order valence-corrected chi connectivity index (χ0v) is 54.2. The van der Waals surface area contributed by atoms with Gasteiger partial charge in [0, 0.05) is 19.3 Å². The molecule has 6 heteroatoms. The third-order valence-corrected chi connectivity index (χ3v) is 15.3. The van der Waals surface area contributed by atoms with Crippen molar-refractivity contribution in [3.8, 4) is 0 Å². The monoisotopic (exact) mass is 1140 g/mol. The number of esters is 3. The van der Waals surface area contributed by atoms with Gasteiger partial charge in [0.1, 0.15) is 13.2 Å². The summed E-state index contributed by atoms with van der Waals surface area (Å²) in [5.41, 5.74) is 0. The molecule has 0 aliphatic carbocycles. The number of carbonyl (C=O) groups excluding carboxylic acids is 3. The third-order valence-electron chi connectivity index (χ3n) is 15.3. The lowest BCUT2D eigenvalue weighted by Crippen LogP contribution is -2.30. The smallest absolute Gasteiger partial charge is 0.306 e. The van der Waals surface area contributed by atoms with Crippen molar-refractivity contribution in [3.05, 3.63) is 97.2 Å². The van der Waals surface area contributed by atoms with Gasteiger partial charge in [-0.15, -0.1) is 0 Å². The maximum absolute atomic E-state index is 12.9. The van der Waals surface area contributed by atoms with Gasteiger partial charge in [-0.2, -0.15) is 0 Å². The van der Waals surface area contributed by atoms with E-state index in [1.807, 2.05) is 0 Å². The van der Waals surface area contributed by atoms with Crippen LogP contribution in [-0.4, -0.2) is 37.2 Å². The average molecular weight is 1140 g/mol. The van der Waals surface area contributed by atoms with Crippen LogP contribution in [0.1, 0.15) is 348 Å². The number of unbranched alkanes of at least 4 members (excludes halogenated alkanes) is 37. The molecule has 0 aromatic rings. The molecular formula is C76H132O6. The summed E-state index contributed by atoms with van der Waals surface area (Å²) in [6, 6.07) is 0. The highest BCUT2D eigenvalue weighted by Gasteiger charge is 2.19. The van der Waals surface area contributed by atoms with E-state index in [1.54, 1.807) is 0 Å². The molecule has 0 aliphatic heterocycles. The summed E-state index contributed by atoms with van der Waals surface area (Å²) in [5.74, 6) is -0.896. The second-order valence-electron chi connectivity index (χ2n) is 23.4. The van der Waals surface area contributed by atoms with E-state index in [1.165, 1.54) is 186 Å². The van der Waals surface area contributed by atoms with Crippen molar-refractivity contribution in [1.82, 2.24) is 0 Å². The maximum Gasteiger partial charge on any atom is 0.306 e. The molecule has 0 spiro atoms. The number of hydrogen-bond donors (Lipinski definition) is 0. The van der Waals surface area contributed by atoms with Gasteiger partial charge in [-0.3, -0.25) is 14.4 Å². The SMILES string of the molecule is CC/C=C\C/C=C\C/C=C\CCCCCCCC(=O)OCC(COC(=O)CCCCCCCCCCCCCCCCCC/C=C\C/C=C\C/C=C\CCCCCCC)OC(=O)CCCCCCCCC/C=C\C/C=C\CCCCCC. The third kappa shape index (κ3) is 67.1. The first-order valence-electron chi connectivity index (χ1n) is 35.2. The molecular weight excluding hydrogens is 1010 g/mol. The quantitative estimate of drug-likeness (QED) is 0.0261. The first kappa shape index (κ1) is 78.3. The van der Waals surface area contributed by atoms with Gasteiger partial charge in [-0.05, 0) is 122 Å². The van der Waals surface area contributed by atoms with Gasteiger partial charge in [-0.25, -0.2) is 0 Å². The molecule has 6 nitrogen and oxygen atoms in total. The zero-order chi connectivity index (χ0) is 59.2. The lowest BCUT2D eigenvalue weighted by Gasteiger charge is -2.18. The maximum atomic E-state index is 12.9. The Balaban J connectivity index is 4.25. The molecule has 0 saturated heterocycles. The number of hydrogen-bond acceptors (Lipinski definition) is 6. The number of allylic oxidation sites excluding steroid dienone is 16. The zero-order valence-electron chi connectivity index (χ0n) is 54.2. The van der Waals surface area contributed by atoms with Gasteiger partial charge in [0.05, 0.1) is 0 Å². The highest BCUT2D eigenvalue weighted by Crippen LogP contribution is 2.17. The summed E-state index contributed by atoms with van der Waals surface area (Å²) >= 11 is 0. The van der Waals surface area contributed by atoms with Gasteiger partial charge in [0.25, 0.3) is 0 Å². The molecule has 0 amide bonds. The van der Waals surface area contributed by atoms with Crippen LogP contribution in [0.4, 0.5) is 0 Å². The number of rotatable bonds is 64. The fourth-order valence-corrected chi connectivity index (χ4v) is 10.0. The molecule has 0 aromatic carbocycles. The Morgan fingerprint density at radius 3 is 0.756 bits per heavy atom. The minimum Gasteiger partial charge on any atom is -0.462 e. The van der Waals surface area contributed by atoms with E-state index in [0.29, 0.717) is 19.3 Å². The second-order valence-corrected chi connectivity index (χ2v) is 23.4. The lowest BCUT2D eigenvalue weighted by atomic mass is 10.0. The van der Waals surface area contributed by atoms with Gasteiger partial charge in [0.2, 0.25) is 0 Å². The minimum absolute atomic E-state index is 0.0846. The molecule has 0 fully saturated rings. The Morgan fingerprint density at radius 1 is 0.256 bits per heavy atom. The fraction of sp³-hybridized carbons (Fsp3) is 0.750. The largest absolute Gasteiger partial charge is 0.462 e. The van der Waals surface area contributed by atoms with Crippen LogP contribution < -0.4 is 0 Å². The summed E-state index contributed by atoms with van der Waals surface area (Å²) < 4.78 is 17.0. The van der Waals surface area contributed by atoms with Crippen molar-refractivity contribution in [2.45, 2.75) is 354 Å². The first-order valence-corrected chi connectivity index (χ1v) is 35.2. The van der Waals surface area contributed by atoms with E-state index >= 15 is 0 Å². The van der Waals surface area contributed by atoms with Gasteiger partial charge >= 0.3 is 17.9 Å². The van der Waals surface area contributed by atoms with Gasteiger partial charge in [0.15, 0.2) is 6.10 Å². The lowest BCUT2D eigenvalue weighted by molar-refractivity contribution is -0.167. The summed E-state index contributed by atoms with van der Waals surface area (Å²) in [7, 11) is 0. The van der Waals surface area contributed by atoms with Crippen molar-refractivity contribution in [2.24, 2.45) is 0 Å². The molecule has 0 rings (SSSR count). The summed E-state index contributed by atoms with van der Waals surface area (Å²) in [5, 5.41) is 0. The van der Waals surface area contributed by atoms with Gasteiger partial charge in [-0.1, -0.05) is 304 Å². The molecule has 0 aromatic heterocycles. The van der Waals surface area contributed by atoms with Crippen molar-refractivity contribution in [1.29, 1.82) is 0 Å². The standard InChI is InChI=1S/C76H132O6/c1-4-7-10-13-16-19-22-25-28-30-32-33-34-35-36-37-38-39-40-41-42-43-44-46-48-51-54-57-60-63-66-69-75(78)81-72-73(71-80-74(77)68-65-62-59-56-53-50-47-27-24-21-18-15-12-9-6-3)82-76(79)70-67-64-61-58-55-52-49-45-31-29-26-23-20-17-14-11-8-5-2/h9,12,18,20-23,25,27,29-32,34-35,47,73H,4-8,10-11,13-17,19,24,26,28,33,36-46,48-72H2,1-3H3/b12-9-,21-18-,23-20-,25-22-,31-29-,32-30-,35-34-,47-27-. The number of ether oxygens (including phenoxy) is 3. The Morgan fingerprint density at radius 2 is 0.476 bits per heavy atom. The predicted octanol–water partition coefficient (Wildman–Crippen LogP) is 24.4. The van der Waals surface area contributed by atoms with E-state index in [9.17, 15) is 14.4 Å². The molecule has 0 bridgehead atoms. The molecule has 82 heavy (non-hydrogen) atoms. The van der Waals surface area contributed by atoms with Crippen LogP contribution in [-0.2, 0) is 28.6 Å². The highest BCUT2D eigenvalue weighted by molar-refractivity contribution is 5.71. The molecule has 0 radical (unpaired) electrons. The van der Waals surface area contributed by atoms with Crippen LogP contribution in [0.3, 0.4) is 0 Å². The van der Waals surface area contributed by atoms with Crippen LogP contribution in [0.5, 0.6) is 0 Å². The summed E-state index contributed by atoms with van der Waals surface area (Å²) in [6.45, 7) is 6.52. The van der Waals surface area contributed by atoms with Gasteiger partial charge < -0.3 is 14.2 Å². The fourth-order valence-electron chi connectivity index (χ4n) is 10.0. The average Bonchev–Trinajstić information content (AvgIpc) is 3.47. The van der Waals surface area contributed by atoms with E-state index in [-0.39, 0.29) is 31.1 Å². The van der Waals surface area contributed by atoms with E-state index in [2.05, 4.69) is 118 Å². The van der Waals surface area contributed by atoms with Crippen LogP contribution >= 0.6 is 0 Å². The van der Waals surface area contributed by atoms with Crippen molar-refractivity contribution in [3.63, 3.8) is 0 Å². The summed E-state index contributed by atoms with van der Waals surface area (Å²) in [4.78, 5) is 38.4. The highest BCUT2D eigenvalue weighted by atomic mass is 16.6. The minimum atomic E-state index is -0.791. The predicted molar refractivity (Wildman–Crippen MR) is 357 cm³/mol. The molecule has 0 heterocycles. The number of carbonyl (C=O) groups is 3. The normalized spacial score (nSPS) is 12.7. The van der Waals surface area contributed by atoms with Crippen LogP contribution in [0.15, 0.2) is 97.2 Å². The second kappa shape index (κ2) is 69.8. The Labute approximate surface area is 508 Å². The van der Waals surface area contributed by atoms with Crippen LogP contribution in [0.2, 0.25) is 0 Å². The van der Waals surface area contributed by atoms with Crippen molar-refractivity contribution >= 4 is 17.9 Å². The van der Waals surface area contributed by atoms with Crippen LogP contribution in [0.25, 0.3) is 0 Å². The van der Waals surface area contributed by atoms with E-state index < -0.39 is 6.10 Å². The molecule has 1 atom stereocenters. The van der Waals surface area contributed by atoms with E-state index in [4.69, 9.17) is 14.2 Å². The topological polar surface area (TPSA) is 78.9 Å². The molecule has 472 valence electrons. The molecule has 0 aliphatic rings. The molecule has 1 unspecified atom stereocenters. The molecule has 0 N–H and O–H groups in total. The first-order chi connectivity index (χ1) is 40.5. The van der Waals surface area contributed by atoms with Crippen molar-refractivity contribution in [2.75, 3.05) is 13.2 Å². The Hall–Kier alpha value is -3.67. The summed E-state index contributed by atoms with van der Waals surface area (Å²) in [6.07, 6.45) is 94.3. The Kier molecular flexibility index (Phi) is 66.7. The van der Waals surface area contributed by atoms with Crippen LogP contribution in [0, 0.1) is 0 Å². The van der Waals surface area contributed by atoms with E-state index in [0.717, 1.165) is 122 Å². The van der Waals surface area contributed by atoms with Crippen molar-refractivity contribution < 1.29 is 28.6 Å². The molecule has 0 saturated carbocycles. The Bertz CT molecular complexity index is 1590.